The third kappa shape index (κ3) is 4.22. The first-order chi connectivity index (χ1) is 12.9. The van der Waals surface area contributed by atoms with Gasteiger partial charge in [-0.05, 0) is 48.6 Å². The van der Waals surface area contributed by atoms with E-state index in [1.807, 2.05) is 37.3 Å². The van der Waals surface area contributed by atoms with Crippen LogP contribution in [-0.2, 0) is 27.8 Å². The van der Waals surface area contributed by atoms with Crippen molar-refractivity contribution in [3.8, 4) is 0 Å². The molecule has 0 bridgehead atoms. The van der Waals surface area contributed by atoms with Gasteiger partial charge in [0.05, 0.1) is 4.90 Å². The molecule has 2 aromatic carbocycles. The van der Waals surface area contributed by atoms with Crippen LogP contribution in [0, 0.1) is 6.92 Å². The predicted octanol–water partition coefficient (Wildman–Crippen LogP) is 3.03. The van der Waals surface area contributed by atoms with Crippen LogP contribution in [0.4, 0.5) is 0 Å². The van der Waals surface area contributed by atoms with Crippen LogP contribution in [0.5, 0.6) is 0 Å². The van der Waals surface area contributed by atoms with E-state index in [4.69, 9.17) is 0 Å². The standard InChI is InChI=1S/C21H26N2O3S/c1-3-4-12-22-21(24)20-14-17-9-5-6-10-18(17)15-23(20)27(25,26)19-11-7-8-16(2)13-19/h5-11,13,20H,3-4,12,14-15H2,1-2H3,(H,22,24)/t20-/m0/s1. The highest BCUT2D eigenvalue weighted by molar-refractivity contribution is 7.89. The van der Waals surface area contributed by atoms with Gasteiger partial charge in [0.15, 0.2) is 0 Å². The van der Waals surface area contributed by atoms with Crippen LogP contribution in [0.25, 0.3) is 0 Å². The van der Waals surface area contributed by atoms with E-state index in [1.165, 1.54) is 4.31 Å². The summed E-state index contributed by atoms with van der Waals surface area (Å²) in [5.41, 5.74) is 2.85. The van der Waals surface area contributed by atoms with E-state index in [-0.39, 0.29) is 17.3 Å². The highest BCUT2D eigenvalue weighted by Gasteiger charge is 2.39. The molecule has 3 rings (SSSR count). The zero-order valence-electron chi connectivity index (χ0n) is 15.8. The molecule has 27 heavy (non-hydrogen) atoms. The van der Waals surface area contributed by atoms with Gasteiger partial charge in [0.25, 0.3) is 0 Å². The van der Waals surface area contributed by atoms with E-state index in [2.05, 4.69) is 12.2 Å². The summed E-state index contributed by atoms with van der Waals surface area (Å²) in [4.78, 5) is 13.1. The fraction of sp³-hybridized carbons (Fsp3) is 0.381. The summed E-state index contributed by atoms with van der Waals surface area (Å²) in [5.74, 6) is -0.228. The molecule has 6 heteroatoms. The molecule has 2 aromatic rings. The minimum absolute atomic E-state index is 0.207. The van der Waals surface area contributed by atoms with Crippen LogP contribution in [0.15, 0.2) is 53.4 Å². The number of unbranched alkanes of at least 4 members (excludes halogenated alkanes) is 1. The Balaban J connectivity index is 1.97. The minimum Gasteiger partial charge on any atom is -0.355 e. The third-order valence-corrected chi connectivity index (χ3v) is 6.78. The average molecular weight is 387 g/mol. The molecule has 1 N–H and O–H groups in total. The van der Waals surface area contributed by atoms with Crippen molar-refractivity contribution in [2.45, 2.75) is 50.6 Å². The van der Waals surface area contributed by atoms with Gasteiger partial charge in [0, 0.05) is 13.1 Å². The Morgan fingerprint density at radius 2 is 1.89 bits per heavy atom. The van der Waals surface area contributed by atoms with Gasteiger partial charge in [-0.25, -0.2) is 8.42 Å². The molecule has 1 amide bonds. The number of benzene rings is 2. The Labute approximate surface area is 161 Å². The fourth-order valence-corrected chi connectivity index (χ4v) is 5.06. The molecule has 0 aromatic heterocycles. The lowest BCUT2D eigenvalue weighted by atomic mass is 9.95. The van der Waals surface area contributed by atoms with Crippen LogP contribution in [0.1, 0.15) is 36.5 Å². The number of nitrogens with zero attached hydrogens (tertiary/aromatic N) is 1. The lowest BCUT2D eigenvalue weighted by Gasteiger charge is -2.35. The second-order valence-corrected chi connectivity index (χ2v) is 8.89. The quantitative estimate of drug-likeness (QED) is 0.776. The maximum atomic E-state index is 13.3. The minimum atomic E-state index is -3.78. The van der Waals surface area contributed by atoms with Crippen molar-refractivity contribution in [2.24, 2.45) is 0 Å². The van der Waals surface area contributed by atoms with Gasteiger partial charge in [-0.15, -0.1) is 0 Å². The zero-order valence-corrected chi connectivity index (χ0v) is 16.6. The lowest BCUT2D eigenvalue weighted by Crippen LogP contribution is -2.52. The van der Waals surface area contributed by atoms with Crippen molar-refractivity contribution < 1.29 is 13.2 Å². The molecule has 0 saturated carbocycles. The van der Waals surface area contributed by atoms with Crippen molar-refractivity contribution in [1.82, 2.24) is 9.62 Å². The predicted molar refractivity (Wildman–Crippen MR) is 106 cm³/mol. The maximum Gasteiger partial charge on any atom is 0.244 e. The Hall–Kier alpha value is -2.18. The molecule has 0 radical (unpaired) electrons. The number of hydrogen-bond donors (Lipinski definition) is 1. The number of rotatable bonds is 6. The van der Waals surface area contributed by atoms with Crippen LogP contribution >= 0.6 is 0 Å². The Bertz CT molecular complexity index is 925. The van der Waals surface area contributed by atoms with Crippen LogP contribution in [-0.4, -0.2) is 31.2 Å². The van der Waals surface area contributed by atoms with E-state index in [0.717, 1.165) is 29.5 Å². The molecule has 1 heterocycles. The maximum absolute atomic E-state index is 13.3. The van der Waals surface area contributed by atoms with Crippen molar-refractivity contribution >= 4 is 15.9 Å². The number of carbonyl (C=O) groups is 1. The van der Waals surface area contributed by atoms with E-state index in [9.17, 15) is 13.2 Å². The molecular weight excluding hydrogens is 360 g/mol. The molecule has 144 valence electrons. The van der Waals surface area contributed by atoms with Crippen molar-refractivity contribution in [1.29, 1.82) is 0 Å². The summed E-state index contributed by atoms with van der Waals surface area (Å²) in [6, 6.07) is 13.8. The van der Waals surface area contributed by atoms with Gasteiger partial charge in [-0.1, -0.05) is 49.7 Å². The van der Waals surface area contributed by atoms with Crippen LogP contribution in [0.3, 0.4) is 0 Å². The average Bonchev–Trinajstić information content (AvgIpc) is 2.67. The Morgan fingerprint density at radius 3 is 2.59 bits per heavy atom. The summed E-state index contributed by atoms with van der Waals surface area (Å²) >= 11 is 0. The number of amides is 1. The monoisotopic (exact) mass is 386 g/mol. The molecule has 1 aliphatic rings. The molecular formula is C21H26N2O3S. The largest absolute Gasteiger partial charge is 0.355 e. The molecule has 5 nitrogen and oxygen atoms in total. The van der Waals surface area contributed by atoms with Crippen molar-refractivity contribution in [2.75, 3.05) is 6.54 Å². The summed E-state index contributed by atoms with van der Waals surface area (Å²) in [7, 11) is -3.78. The number of hydrogen-bond acceptors (Lipinski definition) is 3. The second kappa shape index (κ2) is 8.23. The normalized spacial score (nSPS) is 17.3. The summed E-state index contributed by atoms with van der Waals surface area (Å²) < 4.78 is 28.0. The highest BCUT2D eigenvalue weighted by atomic mass is 32.2. The molecule has 0 fully saturated rings. The summed E-state index contributed by atoms with van der Waals surface area (Å²) in [5, 5.41) is 2.90. The fourth-order valence-electron chi connectivity index (χ4n) is 3.39. The number of aryl methyl sites for hydroxylation is 1. The van der Waals surface area contributed by atoms with Gasteiger partial charge < -0.3 is 5.32 Å². The summed E-state index contributed by atoms with van der Waals surface area (Å²) in [6.07, 6.45) is 2.23. The molecule has 0 spiro atoms. The van der Waals surface area contributed by atoms with Crippen molar-refractivity contribution in [3.05, 3.63) is 65.2 Å². The second-order valence-electron chi connectivity index (χ2n) is 7.00. The van der Waals surface area contributed by atoms with Gasteiger partial charge in [-0.2, -0.15) is 4.31 Å². The molecule has 1 atom stereocenters. The van der Waals surface area contributed by atoms with E-state index < -0.39 is 16.1 Å². The van der Waals surface area contributed by atoms with E-state index in [0.29, 0.717) is 13.0 Å². The number of sulfonamides is 1. The smallest absolute Gasteiger partial charge is 0.244 e. The first kappa shape index (κ1) is 19.6. The first-order valence-electron chi connectivity index (χ1n) is 9.36. The molecule has 1 aliphatic heterocycles. The van der Waals surface area contributed by atoms with Crippen molar-refractivity contribution in [3.63, 3.8) is 0 Å². The molecule has 0 saturated heterocycles. The summed E-state index contributed by atoms with van der Waals surface area (Å²) in [6.45, 7) is 4.68. The highest BCUT2D eigenvalue weighted by Crippen LogP contribution is 2.29. The lowest BCUT2D eigenvalue weighted by molar-refractivity contribution is -0.125. The van der Waals surface area contributed by atoms with Gasteiger partial charge in [-0.3, -0.25) is 4.79 Å². The topological polar surface area (TPSA) is 66.5 Å². The number of carbonyl (C=O) groups excluding carboxylic acids is 1. The van der Waals surface area contributed by atoms with Gasteiger partial charge in [0.1, 0.15) is 6.04 Å². The van der Waals surface area contributed by atoms with Crippen LogP contribution < -0.4 is 5.32 Å². The van der Waals surface area contributed by atoms with E-state index in [1.54, 1.807) is 18.2 Å². The Kier molecular flexibility index (Phi) is 5.97. The van der Waals surface area contributed by atoms with E-state index >= 15 is 0 Å². The zero-order chi connectivity index (χ0) is 19.4. The number of fused-ring (bicyclic) bond motifs is 1. The number of nitrogens with one attached hydrogen (secondary N) is 1. The van der Waals surface area contributed by atoms with Crippen LogP contribution in [0.2, 0.25) is 0 Å². The SMILES string of the molecule is CCCCNC(=O)[C@@H]1Cc2ccccc2CN1S(=O)(=O)c1cccc(C)c1. The Morgan fingerprint density at radius 1 is 1.15 bits per heavy atom. The first-order valence-corrected chi connectivity index (χ1v) is 10.8. The molecule has 0 unspecified atom stereocenters. The molecule has 0 aliphatic carbocycles. The van der Waals surface area contributed by atoms with Gasteiger partial charge in [0.2, 0.25) is 15.9 Å². The third-order valence-electron chi connectivity index (χ3n) is 4.93. The van der Waals surface area contributed by atoms with Gasteiger partial charge >= 0.3 is 0 Å².